The van der Waals surface area contributed by atoms with Gasteiger partial charge in [-0.3, -0.25) is 4.99 Å². The van der Waals surface area contributed by atoms with Crippen LogP contribution in [-0.4, -0.2) is 26.7 Å². The lowest BCUT2D eigenvalue weighted by molar-refractivity contribution is 0.405. The van der Waals surface area contributed by atoms with Crippen molar-refractivity contribution in [3.05, 3.63) is 52.5 Å². The molecule has 0 bridgehead atoms. The van der Waals surface area contributed by atoms with E-state index < -0.39 is 0 Å². The molecule has 0 amide bonds. The largest absolute Gasteiger partial charge is 0.497 e. The van der Waals surface area contributed by atoms with E-state index in [4.69, 9.17) is 15.2 Å². The SMILES string of the molecule is COc1ccc(OC)c(NC(N)=NCCCc2cccc(Br)c2)c1. The standard InChI is InChI=1S/C18H22BrN3O2/c1-23-15-8-9-17(24-2)16(12-15)22-18(20)21-10-4-6-13-5-3-7-14(19)11-13/h3,5,7-9,11-12H,4,6,10H2,1-2H3,(H3,20,21,22). The second-order valence-corrected chi connectivity index (χ2v) is 6.11. The van der Waals surface area contributed by atoms with Crippen LogP contribution in [0, 0.1) is 0 Å². The van der Waals surface area contributed by atoms with Gasteiger partial charge in [-0.05, 0) is 42.7 Å². The first-order valence-corrected chi connectivity index (χ1v) is 8.45. The Bertz CT molecular complexity index is 704. The molecule has 5 nitrogen and oxygen atoms in total. The molecule has 2 aromatic carbocycles. The Morgan fingerprint density at radius 1 is 1.17 bits per heavy atom. The Morgan fingerprint density at radius 3 is 2.71 bits per heavy atom. The van der Waals surface area contributed by atoms with Crippen LogP contribution in [0.2, 0.25) is 0 Å². The zero-order valence-electron chi connectivity index (χ0n) is 13.9. The summed E-state index contributed by atoms with van der Waals surface area (Å²) >= 11 is 3.48. The molecule has 0 radical (unpaired) electrons. The zero-order chi connectivity index (χ0) is 17.4. The number of guanidine groups is 1. The molecule has 0 aliphatic carbocycles. The molecular weight excluding hydrogens is 370 g/mol. The molecule has 0 heterocycles. The van der Waals surface area contributed by atoms with Crippen molar-refractivity contribution in [2.75, 3.05) is 26.1 Å². The van der Waals surface area contributed by atoms with Crippen LogP contribution in [0.4, 0.5) is 5.69 Å². The quantitative estimate of drug-likeness (QED) is 0.427. The van der Waals surface area contributed by atoms with Crippen LogP contribution in [0.25, 0.3) is 0 Å². The summed E-state index contributed by atoms with van der Waals surface area (Å²) in [6.45, 7) is 0.650. The Balaban J connectivity index is 1.89. The molecule has 0 unspecified atom stereocenters. The predicted molar refractivity (Wildman–Crippen MR) is 102 cm³/mol. The van der Waals surface area contributed by atoms with Crippen LogP contribution < -0.4 is 20.5 Å². The first-order valence-electron chi connectivity index (χ1n) is 7.66. The number of anilines is 1. The van der Waals surface area contributed by atoms with E-state index in [2.05, 4.69) is 38.4 Å². The van der Waals surface area contributed by atoms with Crippen LogP contribution in [-0.2, 0) is 6.42 Å². The number of nitrogens with two attached hydrogens (primary N) is 1. The molecule has 2 aromatic rings. The number of halogens is 1. The Labute approximate surface area is 151 Å². The van der Waals surface area contributed by atoms with Gasteiger partial charge < -0.3 is 20.5 Å². The Hall–Kier alpha value is -2.21. The smallest absolute Gasteiger partial charge is 0.193 e. The van der Waals surface area contributed by atoms with E-state index in [9.17, 15) is 0 Å². The van der Waals surface area contributed by atoms with Crippen molar-refractivity contribution in [3.8, 4) is 11.5 Å². The summed E-state index contributed by atoms with van der Waals surface area (Å²) in [6.07, 6.45) is 1.88. The number of nitrogens with one attached hydrogen (secondary N) is 1. The van der Waals surface area contributed by atoms with Crippen LogP contribution in [0.15, 0.2) is 51.9 Å². The first-order chi connectivity index (χ1) is 11.6. The van der Waals surface area contributed by atoms with Gasteiger partial charge in [-0.15, -0.1) is 0 Å². The highest BCUT2D eigenvalue weighted by Crippen LogP contribution is 2.28. The van der Waals surface area contributed by atoms with E-state index >= 15 is 0 Å². The Morgan fingerprint density at radius 2 is 2.00 bits per heavy atom. The fraction of sp³-hybridized carbons (Fsp3) is 0.278. The molecule has 6 heteroatoms. The number of nitrogens with zero attached hydrogens (tertiary/aromatic N) is 1. The number of hydrogen-bond donors (Lipinski definition) is 2. The zero-order valence-corrected chi connectivity index (χ0v) is 15.5. The fourth-order valence-corrected chi connectivity index (χ4v) is 2.71. The molecule has 0 atom stereocenters. The van der Waals surface area contributed by atoms with E-state index in [1.807, 2.05) is 30.3 Å². The molecule has 3 N–H and O–H groups in total. The number of methoxy groups -OCH3 is 2. The number of benzene rings is 2. The summed E-state index contributed by atoms with van der Waals surface area (Å²) in [5, 5.41) is 3.06. The van der Waals surface area contributed by atoms with Crippen LogP contribution in [0.1, 0.15) is 12.0 Å². The maximum atomic E-state index is 5.96. The minimum absolute atomic E-state index is 0.357. The maximum absolute atomic E-state index is 5.96. The van der Waals surface area contributed by atoms with Gasteiger partial charge in [-0.1, -0.05) is 28.1 Å². The van der Waals surface area contributed by atoms with Crippen molar-refractivity contribution in [3.63, 3.8) is 0 Å². The third-order valence-electron chi connectivity index (χ3n) is 3.46. The van der Waals surface area contributed by atoms with Gasteiger partial charge in [-0.25, -0.2) is 0 Å². The van der Waals surface area contributed by atoms with E-state index in [1.54, 1.807) is 14.2 Å². The van der Waals surface area contributed by atoms with Crippen molar-refractivity contribution < 1.29 is 9.47 Å². The normalized spacial score (nSPS) is 11.2. The Kier molecular flexibility index (Phi) is 6.93. The topological polar surface area (TPSA) is 68.9 Å². The summed E-state index contributed by atoms with van der Waals surface area (Å²) < 4.78 is 11.6. The number of rotatable bonds is 7. The van der Waals surface area contributed by atoms with E-state index in [-0.39, 0.29) is 0 Å². The van der Waals surface area contributed by atoms with Crippen molar-refractivity contribution in [1.82, 2.24) is 0 Å². The molecule has 0 saturated heterocycles. The lowest BCUT2D eigenvalue weighted by Crippen LogP contribution is -2.23. The molecule has 128 valence electrons. The maximum Gasteiger partial charge on any atom is 0.193 e. The minimum Gasteiger partial charge on any atom is -0.497 e. The van der Waals surface area contributed by atoms with Gasteiger partial charge in [0.15, 0.2) is 5.96 Å². The molecule has 24 heavy (non-hydrogen) atoms. The minimum atomic E-state index is 0.357. The summed E-state index contributed by atoms with van der Waals surface area (Å²) in [5.41, 5.74) is 7.96. The number of aryl methyl sites for hydroxylation is 1. The van der Waals surface area contributed by atoms with Crippen LogP contribution >= 0.6 is 15.9 Å². The monoisotopic (exact) mass is 391 g/mol. The molecule has 0 aliphatic rings. The lowest BCUT2D eigenvalue weighted by atomic mass is 10.1. The van der Waals surface area contributed by atoms with E-state index in [1.165, 1.54) is 5.56 Å². The number of aliphatic imine (C=N–C) groups is 1. The highest BCUT2D eigenvalue weighted by molar-refractivity contribution is 9.10. The third kappa shape index (κ3) is 5.45. The van der Waals surface area contributed by atoms with Gasteiger partial charge in [0.25, 0.3) is 0 Å². The van der Waals surface area contributed by atoms with Gasteiger partial charge in [0.1, 0.15) is 11.5 Å². The van der Waals surface area contributed by atoms with Crippen molar-refractivity contribution in [2.24, 2.45) is 10.7 Å². The molecule has 0 aliphatic heterocycles. The van der Waals surface area contributed by atoms with Gasteiger partial charge in [-0.2, -0.15) is 0 Å². The fourth-order valence-electron chi connectivity index (χ4n) is 2.26. The first kappa shape index (κ1) is 18.1. The van der Waals surface area contributed by atoms with Crippen molar-refractivity contribution in [1.29, 1.82) is 0 Å². The summed E-state index contributed by atoms with van der Waals surface area (Å²) in [4.78, 5) is 4.36. The van der Waals surface area contributed by atoms with Gasteiger partial charge in [0, 0.05) is 17.1 Å². The lowest BCUT2D eigenvalue weighted by Gasteiger charge is -2.12. The summed E-state index contributed by atoms with van der Waals surface area (Å²) in [5.74, 6) is 1.76. The van der Waals surface area contributed by atoms with E-state index in [0.717, 1.165) is 28.8 Å². The molecule has 2 rings (SSSR count). The highest BCUT2D eigenvalue weighted by Gasteiger charge is 2.06. The van der Waals surface area contributed by atoms with Crippen molar-refractivity contribution >= 4 is 27.6 Å². The molecule has 0 fully saturated rings. The third-order valence-corrected chi connectivity index (χ3v) is 3.96. The van der Waals surface area contributed by atoms with Gasteiger partial charge >= 0.3 is 0 Å². The molecule has 0 spiro atoms. The molecule has 0 aromatic heterocycles. The summed E-state index contributed by atoms with van der Waals surface area (Å²) in [6, 6.07) is 13.8. The van der Waals surface area contributed by atoms with Gasteiger partial charge in [0.2, 0.25) is 0 Å². The molecule has 0 saturated carbocycles. The summed E-state index contributed by atoms with van der Waals surface area (Å²) in [7, 11) is 3.23. The van der Waals surface area contributed by atoms with Crippen LogP contribution in [0.3, 0.4) is 0 Å². The van der Waals surface area contributed by atoms with E-state index in [0.29, 0.717) is 18.3 Å². The highest BCUT2D eigenvalue weighted by atomic mass is 79.9. The second kappa shape index (κ2) is 9.17. The van der Waals surface area contributed by atoms with Crippen molar-refractivity contribution in [2.45, 2.75) is 12.8 Å². The second-order valence-electron chi connectivity index (χ2n) is 5.19. The average Bonchev–Trinajstić information content (AvgIpc) is 2.58. The predicted octanol–water partition coefficient (Wildman–Crippen LogP) is 3.83. The van der Waals surface area contributed by atoms with Crippen LogP contribution in [0.5, 0.6) is 11.5 Å². The number of hydrogen-bond acceptors (Lipinski definition) is 3. The van der Waals surface area contributed by atoms with Gasteiger partial charge in [0.05, 0.1) is 19.9 Å². The molecular formula is C18H22BrN3O2. The average molecular weight is 392 g/mol. The number of ether oxygens (including phenoxy) is 2.